The van der Waals surface area contributed by atoms with Crippen LogP contribution in [0.1, 0.15) is 58.1 Å². The number of nitrogens with two attached hydrogens (primary N) is 1. The molecule has 0 spiro atoms. The zero-order chi connectivity index (χ0) is 14.2. The molecule has 2 rings (SSSR count). The van der Waals surface area contributed by atoms with E-state index in [9.17, 15) is 0 Å². The van der Waals surface area contributed by atoms with E-state index < -0.39 is 0 Å². The Morgan fingerprint density at radius 2 is 1.84 bits per heavy atom. The summed E-state index contributed by atoms with van der Waals surface area (Å²) in [5.41, 5.74) is 8.20. The van der Waals surface area contributed by atoms with Crippen LogP contribution in [0.3, 0.4) is 0 Å². The number of hydrogen-bond acceptors (Lipinski definition) is 3. The normalized spacial score (nSPS) is 23.9. The highest BCUT2D eigenvalue weighted by molar-refractivity contribution is 5.67. The maximum absolute atomic E-state index is 6.31. The van der Waals surface area contributed by atoms with Crippen molar-refractivity contribution in [3.8, 4) is 0 Å². The van der Waals surface area contributed by atoms with Gasteiger partial charge in [-0.1, -0.05) is 20.8 Å². The standard InChI is InChI=1S/C15H28N4/c1-10(2)14-13(16)15(19(5)17-14)18(4)12-8-6-11(3)7-9-12/h10-12H,6-9,16H2,1-5H3. The molecule has 0 aliphatic heterocycles. The first-order valence-corrected chi connectivity index (χ1v) is 7.47. The van der Waals surface area contributed by atoms with Crippen LogP contribution in [0.5, 0.6) is 0 Å². The predicted molar refractivity (Wildman–Crippen MR) is 81.5 cm³/mol. The van der Waals surface area contributed by atoms with E-state index in [2.05, 4.69) is 37.8 Å². The van der Waals surface area contributed by atoms with E-state index in [1.807, 2.05) is 11.7 Å². The molecular formula is C15H28N4. The molecule has 1 saturated carbocycles. The van der Waals surface area contributed by atoms with Gasteiger partial charge in [0, 0.05) is 20.1 Å². The van der Waals surface area contributed by atoms with Gasteiger partial charge >= 0.3 is 0 Å². The molecule has 0 radical (unpaired) electrons. The van der Waals surface area contributed by atoms with Crippen LogP contribution in [0.2, 0.25) is 0 Å². The lowest BCUT2D eigenvalue weighted by Crippen LogP contribution is -2.36. The molecule has 1 fully saturated rings. The maximum Gasteiger partial charge on any atom is 0.150 e. The molecule has 0 saturated heterocycles. The highest BCUT2D eigenvalue weighted by Gasteiger charge is 2.26. The Bertz CT molecular complexity index is 428. The van der Waals surface area contributed by atoms with E-state index in [0.717, 1.165) is 23.1 Å². The maximum atomic E-state index is 6.31. The van der Waals surface area contributed by atoms with Gasteiger partial charge in [-0.15, -0.1) is 0 Å². The van der Waals surface area contributed by atoms with Crippen molar-refractivity contribution in [1.29, 1.82) is 0 Å². The second-order valence-electron chi connectivity index (χ2n) is 6.43. The molecule has 108 valence electrons. The Kier molecular flexibility index (Phi) is 4.07. The monoisotopic (exact) mass is 264 g/mol. The fourth-order valence-electron chi connectivity index (χ4n) is 3.20. The SMILES string of the molecule is CC1CCC(N(C)c2c(N)c(C(C)C)nn2C)CC1. The Labute approximate surface area is 117 Å². The van der Waals surface area contributed by atoms with Crippen molar-refractivity contribution < 1.29 is 0 Å². The van der Waals surface area contributed by atoms with Crippen molar-refractivity contribution in [1.82, 2.24) is 9.78 Å². The van der Waals surface area contributed by atoms with Gasteiger partial charge in [-0.25, -0.2) is 0 Å². The molecule has 4 heteroatoms. The van der Waals surface area contributed by atoms with E-state index in [1.165, 1.54) is 25.7 Å². The van der Waals surface area contributed by atoms with Gasteiger partial charge in [-0.2, -0.15) is 5.10 Å². The summed E-state index contributed by atoms with van der Waals surface area (Å²) in [5.74, 6) is 2.34. The van der Waals surface area contributed by atoms with Crippen LogP contribution in [0.25, 0.3) is 0 Å². The van der Waals surface area contributed by atoms with Gasteiger partial charge in [-0.05, 0) is 37.5 Å². The summed E-state index contributed by atoms with van der Waals surface area (Å²) in [7, 11) is 4.16. The molecule has 2 N–H and O–H groups in total. The van der Waals surface area contributed by atoms with Crippen molar-refractivity contribution in [3.63, 3.8) is 0 Å². The second-order valence-corrected chi connectivity index (χ2v) is 6.43. The van der Waals surface area contributed by atoms with Crippen molar-refractivity contribution in [2.75, 3.05) is 17.7 Å². The van der Waals surface area contributed by atoms with E-state index in [-0.39, 0.29) is 0 Å². The van der Waals surface area contributed by atoms with Crippen LogP contribution >= 0.6 is 0 Å². The minimum absolute atomic E-state index is 0.375. The molecular weight excluding hydrogens is 236 g/mol. The van der Waals surface area contributed by atoms with Gasteiger partial charge in [0.1, 0.15) is 5.82 Å². The number of nitrogens with zero attached hydrogens (tertiary/aromatic N) is 3. The van der Waals surface area contributed by atoms with Gasteiger partial charge in [0.25, 0.3) is 0 Å². The Balaban J connectivity index is 2.21. The lowest BCUT2D eigenvalue weighted by molar-refractivity contribution is 0.339. The molecule has 0 atom stereocenters. The number of aryl methyl sites for hydroxylation is 1. The molecule has 1 aliphatic carbocycles. The van der Waals surface area contributed by atoms with Crippen molar-refractivity contribution >= 4 is 11.5 Å². The van der Waals surface area contributed by atoms with Crippen LogP contribution in [-0.4, -0.2) is 22.9 Å². The Hall–Kier alpha value is -1.19. The second kappa shape index (κ2) is 5.43. The first kappa shape index (κ1) is 14.2. The van der Waals surface area contributed by atoms with E-state index in [0.29, 0.717) is 12.0 Å². The molecule has 0 aromatic carbocycles. The summed E-state index contributed by atoms with van der Waals surface area (Å²) >= 11 is 0. The molecule has 0 unspecified atom stereocenters. The third kappa shape index (κ3) is 2.72. The van der Waals surface area contributed by atoms with Gasteiger partial charge in [0.15, 0.2) is 0 Å². The molecule has 0 bridgehead atoms. The highest BCUT2D eigenvalue weighted by atomic mass is 15.4. The van der Waals surface area contributed by atoms with Crippen LogP contribution in [-0.2, 0) is 7.05 Å². The smallest absolute Gasteiger partial charge is 0.150 e. The third-order valence-electron chi connectivity index (χ3n) is 4.50. The van der Waals surface area contributed by atoms with Crippen molar-refractivity contribution in [2.45, 2.75) is 58.4 Å². The fourth-order valence-corrected chi connectivity index (χ4v) is 3.20. The lowest BCUT2D eigenvalue weighted by Gasteiger charge is -2.35. The average molecular weight is 264 g/mol. The minimum atomic E-state index is 0.375. The summed E-state index contributed by atoms with van der Waals surface area (Å²) in [4.78, 5) is 2.35. The highest BCUT2D eigenvalue weighted by Crippen LogP contribution is 2.34. The van der Waals surface area contributed by atoms with E-state index in [1.54, 1.807) is 0 Å². The van der Waals surface area contributed by atoms with E-state index >= 15 is 0 Å². The third-order valence-corrected chi connectivity index (χ3v) is 4.50. The van der Waals surface area contributed by atoms with E-state index in [4.69, 9.17) is 5.73 Å². The van der Waals surface area contributed by atoms with Crippen LogP contribution in [0.4, 0.5) is 11.5 Å². The summed E-state index contributed by atoms with van der Waals surface area (Å²) < 4.78 is 1.95. The van der Waals surface area contributed by atoms with Gasteiger partial charge in [0.2, 0.25) is 0 Å². The number of nitrogen functional groups attached to an aromatic ring is 1. The van der Waals surface area contributed by atoms with Gasteiger partial charge in [0.05, 0.1) is 11.4 Å². The number of anilines is 2. The topological polar surface area (TPSA) is 47.1 Å². The molecule has 0 amide bonds. The largest absolute Gasteiger partial charge is 0.394 e. The number of hydrogen-bond donors (Lipinski definition) is 1. The molecule has 19 heavy (non-hydrogen) atoms. The van der Waals surface area contributed by atoms with Crippen molar-refractivity contribution in [3.05, 3.63) is 5.69 Å². The van der Waals surface area contributed by atoms with Gasteiger partial charge in [-0.3, -0.25) is 4.68 Å². The summed E-state index contributed by atoms with van der Waals surface area (Å²) in [6, 6.07) is 0.605. The zero-order valence-electron chi connectivity index (χ0n) is 13.0. The lowest BCUT2D eigenvalue weighted by atomic mass is 9.87. The number of rotatable bonds is 3. The quantitative estimate of drug-likeness (QED) is 0.912. The zero-order valence-corrected chi connectivity index (χ0v) is 13.0. The first-order chi connectivity index (χ1) is 8.91. The summed E-state index contributed by atoms with van der Waals surface area (Å²) in [5, 5.41) is 4.59. The predicted octanol–water partition coefficient (Wildman–Crippen LogP) is 3.14. The summed E-state index contributed by atoms with van der Waals surface area (Å²) in [6.45, 7) is 6.64. The van der Waals surface area contributed by atoms with Crippen LogP contribution in [0.15, 0.2) is 0 Å². The fraction of sp³-hybridized carbons (Fsp3) is 0.800. The molecule has 1 aliphatic rings. The van der Waals surface area contributed by atoms with Gasteiger partial charge < -0.3 is 10.6 Å². The molecule has 1 aromatic heterocycles. The molecule has 4 nitrogen and oxygen atoms in total. The molecule has 1 aromatic rings. The number of aromatic nitrogens is 2. The minimum Gasteiger partial charge on any atom is -0.394 e. The van der Waals surface area contributed by atoms with Crippen LogP contribution in [0, 0.1) is 5.92 Å². The Morgan fingerprint density at radius 3 is 2.32 bits per heavy atom. The molecule has 1 heterocycles. The van der Waals surface area contributed by atoms with Crippen molar-refractivity contribution in [2.24, 2.45) is 13.0 Å². The first-order valence-electron chi connectivity index (χ1n) is 7.47. The summed E-state index contributed by atoms with van der Waals surface area (Å²) in [6.07, 6.45) is 5.17. The van der Waals surface area contributed by atoms with Crippen LogP contribution < -0.4 is 10.6 Å². The Morgan fingerprint density at radius 1 is 1.26 bits per heavy atom. The average Bonchev–Trinajstić information content (AvgIpc) is 2.65.